The van der Waals surface area contributed by atoms with Crippen LogP contribution < -0.4 is 5.56 Å². The summed E-state index contributed by atoms with van der Waals surface area (Å²) in [6.45, 7) is 0. The molecule has 0 saturated heterocycles. The first-order valence-electron chi connectivity index (χ1n) is 5.84. The maximum absolute atomic E-state index is 11.9. The summed E-state index contributed by atoms with van der Waals surface area (Å²) in [6, 6.07) is 9.64. The summed E-state index contributed by atoms with van der Waals surface area (Å²) >= 11 is 4.95. The zero-order chi connectivity index (χ0) is 13.7. The van der Waals surface area contributed by atoms with Crippen molar-refractivity contribution in [3.63, 3.8) is 0 Å². The lowest BCUT2D eigenvalue weighted by molar-refractivity contribution is 1.09. The number of nitrogens with zero attached hydrogens (tertiary/aromatic N) is 3. The molecule has 20 heavy (non-hydrogen) atoms. The molecule has 98 valence electrons. The van der Waals surface area contributed by atoms with E-state index in [-0.39, 0.29) is 5.56 Å². The van der Waals surface area contributed by atoms with E-state index < -0.39 is 0 Å². The summed E-state index contributed by atoms with van der Waals surface area (Å²) in [5, 5.41) is 10.8. The molecule has 0 bridgehead atoms. The molecule has 0 amide bonds. The molecule has 7 heteroatoms. The minimum absolute atomic E-state index is 0.137. The number of H-pyrrole nitrogens is 1. The number of aromatic amines is 1. The number of hydrogen-bond acceptors (Lipinski definition) is 4. The molecule has 0 atom stereocenters. The second-order valence-electron chi connectivity index (χ2n) is 4.29. The summed E-state index contributed by atoms with van der Waals surface area (Å²) in [4.78, 5) is 15.5. The molecular weight excluding hydrogens is 340 g/mol. The zero-order valence-corrected chi connectivity index (χ0v) is 12.4. The van der Waals surface area contributed by atoms with Crippen molar-refractivity contribution >= 4 is 43.3 Å². The van der Waals surface area contributed by atoms with Crippen LogP contribution in [0.1, 0.15) is 0 Å². The largest absolute Gasteiger partial charge is 0.290 e. The maximum atomic E-state index is 11.9. The van der Waals surface area contributed by atoms with Gasteiger partial charge in [0.05, 0.1) is 5.39 Å². The average Bonchev–Trinajstić information content (AvgIpc) is 3.04. The van der Waals surface area contributed by atoms with Crippen molar-refractivity contribution in [1.29, 1.82) is 0 Å². The Balaban J connectivity index is 2.16. The normalized spacial score (nSPS) is 11.4. The SMILES string of the molecule is O=c1[nH]c2nnc(-c3cccc(Br)c3)n2c2sccc12. The molecule has 0 saturated carbocycles. The third-order valence-electron chi connectivity index (χ3n) is 3.06. The summed E-state index contributed by atoms with van der Waals surface area (Å²) in [5.41, 5.74) is 0.801. The Morgan fingerprint density at radius 2 is 2.15 bits per heavy atom. The molecule has 3 aromatic heterocycles. The molecule has 0 aliphatic carbocycles. The van der Waals surface area contributed by atoms with Gasteiger partial charge in [0.2, 0.25) is 5.78 Å². The van der Waals surface area contributed by atoms with Crippen LogP contribution in [0.2, 0.25) is 0 Å². The van der Waals surface area contributed by atoms with Gasteiger partial charge >= 0.3 is 0 Å². The highest BCUT2D eigenvalue weighted by Gasteiger charge is 2.14. The molecule has 5 nitrogen and oxygen atoms in total. The number of rotatable bonds is 1. The lowest BCUT2D eigenvalue weighted by Crippen LogP contribution is -2.08. The standard InChI is InChI=1S/C13H7BrN4OS/c14-8-3-1-2-7(6-8)10-16-17-13-15-11(19)9-4-5-20-12(9)18(10)13/h1-6H,(H,15,17,19). The minimum Gasteiger partial charge on any atom is -0.290 e. The number of benzene rings is 1. The van der Waals surface area contributed by atoms with Crippen LogP contribution >= 0.6 is 27.3 Å². The van der Waals surface area contributed by atoms with E-state index in [4.69, 9.17) is 0 Å². The maximum Gasteiger partial charge on any atom is 0.261 e. The van der Waals surface area contributed by atoms with Gasteiger partial charge in [0, 0.05) is 10.0 Å². The van der Waals surface area contributed by atoms with Gasteiger partial charge in [-0.1, -0.05) is 28.1 Å². The molecule has 4 aromatic rings. The van der Waals surface area contributed by atoms with Crippen molar-refractivity contribution in [1.82, 2.24) is 19.6 Å². The van der Waals surface area contributed by atoms with Gasteiger partial charge in [-0.05, 0) is 23.6 Å². The minimum atomic E-state index is -0.137. The van der Waals surface area contributed by atoms with Crippen LogP contribution in [0.3, 0.4) is 0 Å². The van der Waals surface area contributed by atoms with Crippen molar-refractivity contribution in [2.24, 2.45) is 0 Å². The van der Waals surface area contributed by atoms with E-state index in [9.17, 15) is 4.79 Å². The highest BCUT2D eigenvalue weighted by molar-refractivity contribution is 9.10. The van der Waals surface area contributed by atoms with Crippen LogP contribution in [0, 0.1) is 0 Å². The first-order valence-corrected chi connectivity index (χ1v) is 7.52. The number of hydrogen-bond donors (Lipinski definition) is 1. The molecule has 1 aromatic carbocycles. The van der Waals surface area contributed by atoms with E-state index in [2.05, 4.69) is 31.1 Å². The molecule has 4 rings (SSSR count). The van der Waals surface area contributed by atoms with Crippen LogP contribution in [0.4, 0.5) is 0 Å². The molecule has 0 radical (unpaired) electrons. The second kappa shape index (κ2) is 4.26. The Morgan fingerprint density at radius 1 is 1.25 bits per heavy atom. The third kappa shape index (κ3) is 1.63. The second-order valence-corrected chi connectivity index (χ2v) is 6.10. The highest BCUT2D eigenvalue weighted by Crippen LogP contribution is 2.25. The smallest absolute Gasteiger partial charge is 0.261 e. The quantitative estimate of drug-likeness (QED) is 0.576. The zero-order valence-electron chi connectivity index (χ0n) is 10.0. The van der Waals surface area contributed by atoms with E-state index in [1.807, 2.05) is 40.1 Å². The molecule has 0 aliphatic rings. The topological polar surface area (TPSA) is 63.0 Å². The van der Waals surface area contributed by atoms with Gasteiger partial charge in [-0.15, -0.1) is 21.5 Å². The Hall–Kier alpha value is -1.99. The molecule has 0 aliphatic heterocycles. The van der Waals surface area contributed by atoms with E-state index in [0.29, 0.717) is 17.0 Å². The summed E-state index contributed by atoms with van der Waals surface area (Å²) in [7, 11) is 0. The predicted molar refractivity (Wildman–Crippen MR) is 82.1 cm³/mol. The Morgan fingerprint density at radius 3 is 3.00 bits per heavy atom. The Bertz CT molecular complexity index is 1000. The highest BCUT2D eigenvalue weighted by atomic mass is 79.9. The molecule has 1 N–H and O–H groups in total. The van der Waals surface area contributed by atoms with E-state index >= 15 is 0 Å². The lowest BCUT2D eigenvalue weighted by Gasteiger charge is -2.01. The van der Waals surface area contributed by atoms with Crippen LogP contribution in [-0.2, 0) is 0 Å². The monoisotopic (exact) mass is 346 g/mol. The van der Waals surface area contributed by atoms with Crippen molar-refractivity contribution in [3.05, 3.63) is 50.5 Å². The van der Waals surface area contributed by atoms with Gasteiger partial charge in [0.15, 0.2) is 5.82 Å². The van der Waals surface area contributed by atoms with Crippen LogP contribution in [0.5, 0.6) is 0 Å². The van der Waals surface area contributed by atoms with Crippen LogP contribution in [0.25, 0.3) is 27.4 Å². The number of halogens is 1. The first kappa shape index (κ1) is 11.8. The first-order chi connectivity index (χ1) is 9.74. The molecular formula is C13H7BrN4OS. The van der Waals surface area contributed by atoms with Crippen molar-refractivity contribution in [3.8, 4) is 11.4 Å². The summed E-state index contributed by atoms with van der Waals surface area (Å²) < 4.78 is 2.85. The fourth-order valence-corrected chi connectivity index (χ4v) is 3.49. The number of aromatic nitrogens is 4. The molecule has 0 spiro atoms. The number of thiophene rings is 1. The Kier molecular flexibility index (Phi) is 2.51. The fourth-order valence-electron chi connectivity index (χ4n) is 2.19. The third-order valence-corrected chi connectivity index (χ3v) is 4.45. The van der Waals surface area contributed by atoms with Crippen LogP contribution in [0.15, 0.2) is 45.0 Å². The van der Waals surface area contributed by atoms with E-state index in [1.54, 1.807) is 0 Å². The molecule has 0 fully saturated rings. The average molecular weight is 347 g/mol. The van der Waals surface area contributed by atoms with Crippen molar-refractivity contribution in [2.45, 2.75) is 0 Å². The van der Waals surface area contributed by atoms with E-state index in [1.165, 1.54) is 11.3 Å². The van der Waals surface area contributed by atoms with Crippen molar-refractivity contribution in [2.75, 3.05) is 0 Å². The van der Waals surface area contributed by atoms with Gasteiger partial charge < -0.3 is 0 Å². The number of fused-ring (bicyclic) bond motifs is 3. The molecule has 0 unspecified atom stereocenters. The van der Waals surface area contributed by atoms with Crippen LogP contribution in [-0.4, -0.2) is 19.6 Å². The van der Waals surface area contributed by atoms with Gasteiger partial charge in [-0.25, -0.2) is 0 Å². The summed E-state index contributed by atoms with van der Waals surface area (Å²) in [5.74, 6) is 1.17. The fraction of sp³-hybridized carbons (Fsp3) is 0. The van der Waals surface area contributed by atoms with Gasteiger partial charge in [-0.2, -0.15) is 0 Å². The van der Waals surface area contributed by atoms with E-state index in [0.717, 1.165) is 14.9 Å². The lowest BCUT2D eigenvalue weighted by atomic mass is 10.2. The predicted octanol–water partition coefficient (Wildman–Crippen LogP) is 3.06. The van der Waals surface area contributed by atoms with Gasteiger partial charge in [0.1, 0.15) is 4.83 Å². The van der Waals surface area contributed by atoms with Crippen molar-refractivity contribution < 1.29 is 0 Å². The summed E-state index contributed by atoms with van der Waals surface area (Å²) in [6.07, 6.45) is 0. The van der Waals surface area contributed by atoms with Gasteiger partial charge in [-0.3, -0.25) is 14.2 Å². The Labute approximate surface area is 125 Å². The number of nitrogens with one attached hydrogen (secondary N) is 1. The molecule has 3 heterocycles. The van der Waals surface area contributed by atoms with Gasteiger partial charge in [0.25, 0.3) is 5.56 Å².